The van der Waals surface area contributed by atoms with Gasteiger partial charge in [0, 0.05) is 15.6 Å². The number of hydrogen-bond acceptors (Lipinski definition) is 8. The first-order valence-electron chi connectivity index (χ1n) is 13.4. The van der Waals surface area contributed by atoms with E-state index in [2.05, 4.69) is 27.6 Å². The van der Waals surface area contributed by atoms with Crippen molar-refractivity contribution in [2.45, 2.75) is 26.5 Å². The van der Waals surface area contributed by atoms with E-state index in [1.54, 1.807) is 69.0 Å². The van der Waals surface area contributed by atoms with Crippen molar-refractivity contribution in [1.82, 2.24) is 4.57 Å². The number of halogens is 3. The smallest absolute Gasteiger partial charge is 0.338 e. The van der Waals surface area contributed by atoms with Crippen LogP contribution in [0.1, 0.15) is 36.6 Å². The van der Waals surface area contributed by atoms with Crippen LogP contribution >= 0.6 is 57.1 Å². The number of methoxy groups -OCH3 is 2. The van der Waals surface area contributed by atoms with Crippen molar-refractivity contribution in [3.8, 4) is 17.2 Å². The average Bonchev–Trinajstić information content (AvgIpc) is 3.30. The second-order valence-electron chi connectivity index (χ2n) is 9.63. The second-order valence-corrected chi connectivity index (χ2v) is 12.6. The zero-order valence-electron chi connectivity index (χ0n) is 24.2. The average molecular weight is 765 g/mol. The fourth-order valence-electron chi connectivity index (χ4n) is 4.80. The van der Waals surface area contributed by atoms with Gasteiger partial charge in [-0.2, -0.15) is 0 Å². The summed E-state index contributed by atoms with van der Waals surface area (Å²) in [7, 11) is 3.13. The number of rotatable bonds is 9. The molecule has 1 aromatic heterocycles. The molecule has 4 aromatic rings. The molecule has 1 aliphatic heterocycles. The van der Waals surface area contributed by atoms with E-state index in [-0.39, 0.29) is 18.8 Å². The zero-order valence-corrected chi connectivity index (χ0v) is 28.6. The van der Waals surface area contributed by atoms with Gasteiger partial charge in [-0.05, 0) is 90.0 Å². The molecule has 1 atom stereocenters. The van der Waals surface area contributed by atoms with Crippen molar-refractivity contribution in [2.24, 2.45) is 4.99 Å². The van der Waals surface area contributed by atoms with E-state index >= 15 is 0 Å². The van der Waals surface area contributed by atoms with Gasteiger partial charge < -0.3 is 18.9 Å². The SMILES string of the molecule is CCOC(=O)C1=C(C)N=c2s/c(=C/c3cc(I)c(OCc4ccc(Cl)cc4Cl)c(OC)c3)c(=O)n2[C@@H]1c1ccc(OC)cc1. The molecule has 0 N–H and O–H groups in total. The summed E-state index contributed by atoms with van der Waals surface area (Å²) in [6.07, 6.45) is 1.78. The first-order valence-corrected chi connectivity index (χ1v) is 16.1. The van der Waals surface area contributed by atoms with Gasteiger partial charge in [-0.15, -0.1) is 0 Å². The fraction of sp³-hybridized carbons (Fsp3) is 0.219. The molecule has 0 fully saturated rings. The Balaban J connectivity index is 1.56. The Bertz CT molecular complexity index is 1950. The number of ether oxygens (including phenoxy) is 4. The Kier molecular flexibility index (Phi) is 10.0. The van der Waals surface area contributed by atoms with Gasteiger partial charge >= 0.3 is 5.97 Å². The van der Waals surface area contributed by atoms with Crippen LogP contribution in [-0.2, 0) is 16.1 Å². The van der Waals surface area contributed by atoms with Crippen molar-refractivity contribution < 1.29 is 23.7 Å². The second kappa shape index (κ2) is 13.8. The summed E-state index contributed by atoms with van der Waals surface area (Å²) in [6, 6.07) is 15.5. The van der Waals surface area contributed by atoms with Gasteiger partial charge in [0.25, 0.3) is 5.56 Å². The molecule has 0 radical (unpaired) electrons. The molecule has 2 heterocycles. The van der Waals surface area contributed by atoms with Crippen LogP contribution in [0.4, 0.5) is 0 Å². The lowest BCUT2D eigenvalue weighted by Gasteiger charge is -2.24. The Labute approximate surface area is 281 Å². The molecule has 0 bridgehead atoms. The number of fused-ring (bicyclic) bond motifs is 1. The zero-order chi connectivity index (χ0) is 31.5. The van der Waals surface area contributed by atoms with Gasteiger partial charge in [0.2, 0.25) is 0 Å². The van der Waals surface area contributed by atoms with Crippen molar-refractivity contribution in [3.63, 3.8) is 0 Å². The minimum Gasteiger partial charge on any atom is -0.497 e. The van der Waals surface area contributed by atoms with E-state index < -0.39 is 12.0 Å². The third-order valence-corrected chi connectivity index (χ3v) is 9.26. The molecule has 0 saturated carbocycles. The number of hydrogen-bond donors (Lipinski definition) is 0. The van der Waals surface area contributed by atoms with Crippen LogP contribution < -0.4 is 29.1 Å². The number of allylic oxidation sites excluding steroid dienone is 1. The van der Waals surface area contributed by atoms with Gasteiger partial charge in [-0.25, -0.2) is 9.79 Å². The van der Waals surface area contributed by atoms with Gasteiger partial charge in [-0.3, -0.25) is 9.36 Å². The van der Waals surface area contributed by atoms with Crippen LogP contribution in [0.2, 0.25) is 10.0 Å². The number of nitrogens with zero attached hydrogens (tertiary/aromatic N) is 2. The maximum absolute atomic E-state index is 14.0. The summed E-state index contributed by atoms with van der Waals surface area (Å²) in [5.41, 5.74) is 2.77. The van der Waals surface area contributed by atoms with Gasteiger partial charge in [0.1, 0.15) is 12.4 Å². The molecule has 0 aliphatic carbocycles. The molecule has 1 aliphatic rings. The lowest BCUT2D eigenvalue weighted by atomic mass is 9.96. The van der Waals surface area contributed by atoms with Crippen LogP contribution in [0.3, 0.4) is 0 Å². The van der Waals surface area contributed by atoms with E-state index in [9.17, 15) is 9.59 Å². The first-order chi connectivity index (χ1) is 21.1. The molecule has 12 heteroatoms. The highest BCUT2D eigenvalue weighted by molar-refractivity contribution is 14.1. The fourth-order valence-corrected chi connectivity index (χ4v) is 7.09. The number of esters is 1. The van der Waals surface area contributed by atoms with E-state index in [0.717, 1.165) is 20.3 Å². The van der Waals surface area contributed by atoms with Crippen molar-refractivity contribution in [3.05, 3.63) is 116 Å². The minimum absolute atomic E-state index is 0.197. The highest BCUT2D eigenvalue weighted by Gasteiger charge is 2.33. The van der Waals surface area contributed by atoms with Crippen LogP contribution in [0.5, 0.6) is 17.2 Å². The molecular weight excluding hydrogens is 738 g/mol. The molecule has 228 valence electrons. The van der Waals surface area contributed by atoms with Gasteiger partial charge in [-0.1, -0.05) is 52.7 Å². The van der Waals surface area contributed by atoms with Crippen LogP contribution in [0.15, 0.2) is 75.7 Å². The first kappa shape index (κ1) is 32.1. The normalized spacial score (nSPS) is 14.6. The Morgan fingerprint density at radius 3 is 2.50 bits per heavy atom. The monoisotopic (exact) mass is 764 g/mol. The summed E-state index contributed by atoms with van der Waals surface area (Å²) < 4.78 is 25.2. The standard InChI is InChI=1S/C32H27Cl2IN2O6S/c1-5-42-31(39)27-17(2)36-32-37(28(27)19-7-10-22(40-3)11-8-19)30(38)26(44-32)14-18-12-24(35)29(25(13-18)41-4)43-16-20-6-9-21(33)15-23(20)34/h6-15,28H,5,16H2,1-4H3/b26-14+/t28-/m1/s1. The van der Waals surface area contributed by atoms with E-state index in [1.807, 2.05) is 24.3 Å². The summed E-state index contributed by atoms with van der Waals surface area (Å²) in [4.78, 5) is 32.2. The molecule has 44 heavy (non-hydrogen) atoms. The Hall–Kier alpha value is -3.32. The molecule has 0 spiro atoms. The van der Waals surface area contributed by atoms with Gasteiger partial charge in [0.05, 0.1) is 46.2 Å². The van der Waals surface area contributed by atoms with Gasteiger partial charge in [0.15, 0.2) is 16.3 Å². The summed E-state index contributed by atoms with van der Waals surface area (Å²) >= 11 is 15.8. The molecular formula is C32H27Cl2IN2O6S. The highest BCUT2D eigenvalue weighted by Crippen LogP contribution is 2.36. The quantitative estimate of drug-likeness (QED) is 0.147. The summed E-state index contributed by atoms with van der Waals surface area (Å²) in [6.45, 7) is 3.91. The van der Waals surface area contributed by atoms with Crippen LogP contribution in [0.25, 0.3) is 6.08 Å². The van der Waals surface area contributed by atoms with Crippen LogP contribution in [0, 0.1) is 3.57 Å². The highest BCUT2D eigenvalue weighted by atomic mass is 127. The lowest BCUT2D eigenvalue weighted by molar-refractivity contribution is -0.139. The Morgan fingerprint density at radius 1 is 1.09 bits per heavy atom. The molecule has 3 aromatic carbocycles. The maximum atomic E-state index is 14.0. The minimum atomic E-state index is -0.719. The molecule has 8 nitrogen and oxygen atoms in total. The van der Waals surface area contributed by atoms with E-state index in [4.69, 9.17) is 42.1 Å². The Morgan fingerprint density at radius 2 is 1.84 bits per heavy atom. The summed E-state index contributed by atoms with van der Waals surface area (Å²) in [5.74, 6) is 1.19. The van der Waals surface area contributed by atoms with E-state index in [1.165, 1.54) is 11.3 Å². The van der Waals surface area contributed by atoms with Crippen molar-refractivity contribution >= 4 is 69.2 Å². The molecule has 0 saturated heterocycles. The third kappa shape index (κ3) is 6.53. The van der Waals surface area contributed by atoms with Crippen molar-refractivity contribution in [2.75, 3.05) is 20.8 Å². The predicted molar refractivity (Wildman–Crippen MR) is 180 cm³/mol. The topological polar surface area (TPSA) is 88.4 Å². The number of carbonyl (C=O) groups excluding carboxylic acids is 1. The summed E-state index contributed by atoms with van der Waals surface area (Å²) in [5, 5.41) is 1.05. The molecule has 0 amide bonds. The number of aromatic nitrogens is 1. The largest absolute Gasteiger partial charge is 0.497 e. The predicted octanol–water partition coefficient (Wildman–Crippen LogP) is 6.31. The lowest BCUT2D eigenvalue weighted by Crippen LogP contribution is -2.39. The molecule has 5 rings (SSSR count). The van der Waals surface area contributed by atoms with Crippen molar-refractivity contribution in [1.29, 1.82) is 0 Å². The maximum Gasteiger partial charge on any atom is 0.338 e. The van der Waals surface area contributed by atoms with E-state index in [0.29, 0.717) is 47.9 Å². The number of thiazole rings is 1. The van der Waals surface area contributed by atoms with Crippen LogP contribution in [-0.4, -0.2) is 31.4 Å². The number of benzene rings is 3. The number of carbonyl (C=O) groups is 1. The molecule has 0 unspecified atom stereocenters. The third-order valence-electron chi connectivity index (χ3n) is 6.89.